The molecule has 0 radical (unpaired) electrons. The molecule has 1 aliphatic rings. The van der Waals surface area contributed by atoms with Crippen LogP contribution in [0, 0.1) is 0 Å². The monoisotopic (exact) mass is 422 g/mol. The molecule has 0 unspecified atom stereocenters. The maximum absolute atomic E-state index is 13.7. The lowest BCUT2D eigenvalue weighted by molar-refractivity contribution is -0.136. The SMILES string of the molecule is CCc1cc(C(F)(F)F)c2c(C3CCN(C(=O)c4cc(CC)on4)CC3)noc2n1. The summed E-state index contributed by atoms with van der Waals surface area (Å²) in [6.45, 7) is 4.40. The van der Waals surface area contributed by atoms with E-state index in [1.165, 1.54) is 0 Å². The highest BCUT2D eigenvalue weighted by Gasteiger charge is 2.38. The Kier molecular flexibility index (Phi) is 5.25. The van der Waals surface area contributed by atoms with E-state index in [-0.39, 0.29) is 34.3 Å². The van der Waals surface area contributed by atoms with Crippen molar-refractivity contribution in [2.75, 3.05) is 13.1 Å². The van der Waals surface area contributed by atoms with Crippen molar-refractivity contribution in [3.8, 4) is 0 Å². The Morgan fingerprint density at radius 1 is 1.13 bits per heavy atom. The normalized spacial score (nSPS) is 15.8. The first-order chi connectivity index (χ1) is 14.3. The van der Waals surface area contributed by atoms with Crippen LogP contribution in [0.3, 0.4) is 0 Å². The van der Waals surface area contributed by atoms with E-state index in [1.807, 2.05) is 6.92 Å². The fourth-order valence-electron chi connectivity index (χ4n) is 3.81. The van der Waals surface area contributed by atoms with Gasteiger partial charge in [0.25, 0.3) is 11.6 Å². The predicted octanol–water partition coefficient (Wildman–Crippen LogP) is 4.37. The van der Waals surface area contributed by atoms with E-state index in [4.69, 9.17) is 9.05 Å². The lowest BCUT2D eigenvalue weighted by Crippen LogP contribution is -2.38. The van der Waals surface area contributed by atoms with E-state index < -0.39 is 11.7 Å². The van der Waals surface area contributed by atoms with Crippen molar-refractivity contribution < 1.29 is 27.0 Å². The number of rotatable bonds is 4. The standard InChI is InChI=1S/C20H21F3N4O3/c1-3-12-9-14(20(21,22)23)16-17(26-30-18(16)24-12)11-5-7-27(8-6-11)19(28)15-10-13(4-2)29-25-15/h9-11H,3-8H2,1-2H3. The molecule has 1 fully saturated rings. The Labute approximate surface area is 170 Å². The zero-order valence-corrected chi connectivity index (χ0v) is 16.6. The Bertz CT molecular complexity index is 1070. The van der Waals surface area contributed by atoms with Crippen molar-refractivity contribution in [2.45, 2.75) is 51.6 Å². The third-order valence-electron chi connectivity index (χ3n) is 5.49. The molecule has 1 saturated heterocycles. The third-order valence-corrected chi connectivity index (χ3v) is 5.49. The number of carbonyl (C=O) groups excluding carboxylic acids is 1. The number of amides is 1. The largest absolute Gasteiger partial charge is 0.417 e. The molecule has 4 rings (SSSR count). The summed E-state index contributed by atoms with van der Waals surface area (Å²) in [5, 5.41) is 7.67. The van der Waals surface area contributed by atoms with Gasteiger partial charge >= 0.3 is 6.18 Å². The number of carbonyl (C=O) groups is 1. The van der Waals surface area contributed by atoms with Gasteiger partial charge in [-0.1, -0.05) is 24.2 Å². The number of piperidine rings is 1. The molecule has 10 heteroatoms. The molecule has 1 amide bonds. The Hall–Kier alpha value is -2.91. The molecule has 160 valence electrons. The number of aryl methyl sites for hydroxylation is 2. The van der Waals surface area contributed by atoms with Crippen LogP contribution in [0.25, 0.3) is 11.1 Å². The molecule has 0 aliphatic carbocycles. The highest BCUT2D eigenvalue weighted by atomic mass is 19.4. The average Bonchev–Trinajstić information content (AvgIpc) is 3.39. The van der Waals surface area contributed by atoms with Crippen LogP contribution in [-0.4, -0.2) is 39.2 Å². The second-order valence-electron chi connectivity index (χ2n) is 7.36. The van der Waals surface area contributed by atoms with Crippen LogP contribution in [0.2, 0.25) is 0 Å². The van der Waals surface area contributed by atoms with Gasteiger partial charge in [-0.05, 0) is 25.3 Å². The molecule has 0 saturated carbocycles. The minimum atomic E-state index is -4.54. The van der Waals surface area contributed by atoms with E-state index in [9.17, 15) is 18.0 Å². The summed E-state index contributed by atoms with van der Waals surface area (Å²) in [5.74, 6) is 0.127. The molecule has 0 aromatic carbocycles. The zero-order valence-electron chi connectivity index (χ0n) is 16.6. The Morgan fingerprint density at radius 3 is 2.47 bits per heavy atom. The number of nitrogens with zero attached hydrogens (tertiary/aromatic N) is 4. The Morgan fingerprint density at radius 2 is 1.87 bits per heavy atom. The smallest absolute Gasteiger partial charge is 0.361 e. The summed E-state index contributed by atoms with van der Waals surface area (Å²) in [4.78, 5) is 18.4. The zero-order chi connectivity index (χ0) is 21.5. The number of hydrogen-bond donors (Lipinski definition) is 0. The van der Waals surface area contributed by atoms with Crippen molar-refractivity contribution in [1.29, 1.82) is 0 Å². The van der Waals surface area contributed by atoms with Crippen molar-refractivity contribution in [3.63, 3.8) is 0 Å². The molecular formula is C20H21F3N4O3. The van der Waals surface area contributed by atoms with Crippen LogP contribution in [0.1, 0.15) is 65.8 Å². The van der Waals surface area contributed by atoms with Gasteiger partial charge in [0.1, 0.15) is 5.76 Å². The molecule has 0 N–H and O–H groups in total. The molecule has 0 bridgehead atoms. The fourth-order valence-corrected chi connectivity index (χ4v) is 3.81. The van der Waals surface area contributed by atoms with E-state index in [0.717, 1.165) is 6.07 Å². The predicted molar refractivity (Wildman–Crippen MR) is 99.9 cm³/mol. The number of aromatic nitrogens is 3. The summed E-state index contributed by atoms with van der Waals surface area (Å²) >= 11 is 0. The summed E-state index contributed by atoms with van der Waals surface area (Å²) < 4.78 is 51.3. The summed E-state index contributed by atoms with van der Waals surface area (Å²) in [5.41, 5.74) is -0.0576. The van der Waals surface area contributed by atoms with Crippen LogP contribution in [0.15, 0.2) is 21.2 Å². The van der Waals surface area contributed by atoms with Gasteiger partial charge in [-0.15, -0.1) is 0 Å². The number of pyridine rings is 1. The van der Waals surface area contributed by atoms with Crippen molar-refractivity contribution in [1.82, 2.24) is 20.2 Å². The summed E-state index contributed by atoms with van der Waals surface area (Å²) in [7, 11) is 0. The van der Waals surface area contributed by atoms with Gasteiger partial charge in [-0.3, -0.25) is 4.79 Å². The van der Waals surface area contributed by atoms with Gasteiger partial charge in [-0.2, -0.15) is 13.2 Å². The van der Waals surface area contributed by atoms with E-state index in [1.54, 1.807) is 17.9 Å². The van der Waals surface area contributed by atoms with Crippen LogP contribution < -0.4 is 0 Å². The van der Waals surface area contributed by atoms with Gasteiger partial charge in [0.15, 0.2) is 5.69 Å². The van der Waals surface area contributed by atoms with Gasteiger partial charge < -0.3 is 13.9 Å². The lowest BCUT2D eigenvalue weighted by atomic mass is 9.90. The fraction of sp³-hybridized carbons (Fsp3) is 0.500. The molecule has 30 heavy (non-hydrogen) atoms. The molecule has 4 heterocycles. The molecule has 3 aromatic rings. The van der Waals surface area contributed by atoms with Crippen molar-refractivity contribution in [3.05, 3.63) is 40.5 Å². The highest BCUT2D eigenvalue weighted by molar-refractivity contribution is 5.92. The topological polar surface area (TPSA) is 85.3 Å². The highest BCUT2D eigenvalue weighted by Crippen LogP contribution is 2.40. The molecule has 0 atom stereocenters. The van der Waals surface area contributed by atoms with Gasteiger partial charge in [0.2, 0.25) is 0 Å². The second-order valence-corrected chi connectivity index (χ2v) is 7.36. The molecule has 1 aliphatic heterocycles. The first kappa shape index (κ1) is 20.4. The Balaban J connectivity index is 1.57. The lowest BCUT2D eigenvalue weighted by Gasteiger charge is -2.30. The minimum absolute atomic E-state index is 0.0754. The van der Waals surface area contributed by atoms with Crippen LogP contribution in [0.5, 0.6) is 0 Å². The van der Waals surface area contributed by atoms with E-state index in [2.05, 4.69) is 15.3 Å². The van der Waals surface area contributed by atoms with E-state index in [0.29, 0.717) is 50.2 Å². The molecule has 3 aromatic heterocycles. The number of halogens is 3. The van der Waals surface area contributed by atoms with Gasteiger partial charge in [0.05, 0.1) is 16.6 Å². The van der Waals surface area contributed by atoms with Crippen LogP contribution in [-0.2, 0) is 19.0 Å². The number of hydrogen-bond acceptors (Lipinski definition) is 6. The quantitative estimate of drug-likeness (QED) is 0.621. The first-order valence-electron chi connectivity index (χ1n) is 9.93. The number of fused-ring (bicyclic) bond motifs is 1. The van der Waals surface area contributed by atoms with Gasteiger partial charge in [0, 0.05) is 37.2 Å². The minimum Gasteiger partial charge on any atom is -0.361 e. The average molecular weight is 422 g/mol. The van der Waals surface area contributed by atoms with Gasteiger partial charge in [-0.25, -0.2) is 4.98 Å². The molecule has 7 nitrogen and oxygen atoms in total. The van der Waals surface area contributed by atoms with Crippen LogP contribution in [0.4, 0.5) is 13.2 Å². The third kappa shape index (κ3) is 3.66. The van der Waals surface area contributed by atoms with Crippen molar-refractivity contribution >= 4 is 17.0 Å². The van der Waals surface area contributed by atoms with Crippen molar-refractivity contribution in [2.24, 2.45) is 0 Å². The summed E-state index contributed by atoms with van der Waals surface area (Å²) in [6, 6.07) is 2.68. The summed E-state index contributed by atoms with van der Waals surface area (Å²) in [6.07, 6.45) is -2.60. The maximum atomic E-state index is 13.7. The second kappa shape index (κ2) is 7.73. The first-order valence-corrected chi connectivity index (χ1v) is 9.93. The number of alkyl halides is 3. The van der Waals surface area contributed by atoms with E-state index >= 15 is 0 Å². The molecule has 0 spiro atoms. The number of likely N-dealkylation sites (tertiary alicyclic amines) is 1. The van der Waals surface area contributed by atoms with Crippen LogP contribution >= 0.6 is 0 Å². The molecular weight excluding hydrogens is 401 g/mol. The maximum Gasteiger partial charge on any atom is 0.417 e.